The third-order valence-electron chi connectivity index (χ3n) is 2.32. The maximum atomic E-state index is 2.30. The molecule has 1 aromatic rings. The lowest BCUT2D eigenvalue weighted by Gasteiger charge is -2.01. The third kappa shape index (κ3) is 1.01. The second-order valence-electron chi connectivity index (χ2n) is 3.25. The molecular formula is C10H11B. The molecule has 2 rings (SSSR count). The number of rotatable bonds is 0. The predicted molar refractivity (Wildman–Crippen MR) is 51.6 cm³/mol. The van der Waals surface area contributed by atoms with E-state index in [4.69, 9.17) is 0 Å². The summed E-state index contributed by atoms with van der Waals surface area (Å²) in [5.41, 5.74) is 5.72. The first-order valence-electron chi connectivity index (χ1n) is 4.04. The fraction of sp³-hybridized carbons (Fsp3) is 0.200. The molecule has 11 heavy (non-hydrogen) atoms. The predicted octanol–water partition coefficient (Wildman–Crippen LogP) is 1.43. The van der Waals surface area contributed by atoms with Crippen molar-refractivity contribution >= 4 is 18.3 Å². The number of aryl methyl sites for hydroxylation is 1. The fourth-order valence-corrected chi connectivity index (χ4v) is 1.61. The molecule has 0 radical (unpaired) electrons. The van der Waals surface area contributed by atoms with Crippen LogP contribution in [0.4, 0.5) is 0 Å². The van der Waals surface area contributed by atoms with Crippen LogP contribution < -0.4 is 5.46 Å². The fourth-order valence-electron chi connectivity index (χ4n) is 1.61. The second kappa shape index (κ2) is 2.26. The molecule has 0 spiro atoms. The lowest BCUT2D eigenvalue weighted by molar-refractivity contribution is 1.46. The Bertz CT molecular complexity index is 324. The first kappa shape index (κ1) is 6.72. The monoisotopic (exact) mass is 142 g/mol. The van der Waals surface area contributed by atoms with Crippen LogP contribution in [0, 0.1) is 6.92 Å². The number of benzene rings is 1. The Hall–Kier alpha value is -0.975. The van der Waals surface area contributed by atoms with E-state index in [9.17, 15) is 0 Å². The van der Waals surface area contributed by atoms with Crippen molar-refractivity contribution in [2.45, 2.75) is 13.8 Å². The van der Waals surface area contributed by atoms with E-state index in [2.05, 4.69) is 38.0 Å². The molecule has 0 aliphatic carbocycles. The summed E-state index contributed by atoms with van der Waals surface area (Å²) >= 11 is 0. The highest BCUT2D eigenvalue weighted by molar-refractivity contribution is 6.63. The highest BCUT2D eigenvalue weighted by Crippen LogP contribution is 2.16. The van der Waals surface area contributed by atoms with Crippen LogP contribution in [0.2, 0.25) is 0 Å². The van der Waals surface area contributed by atoms with Crippen LogP contribution in [-0.2, 0) is 0 Å². The molecule has 0 atom stereocenters. The number of allylic oxidation sites excluding steroid dienone is 1. The maximum Gasteiger partial charge on any atom is 0.184 e. The number of hydrogen-bond acceptors (Lipinski definition) is 0. The molecule has 0 bridgehead atoms. The Balaban J connectivity index is 2.60. The zero-order valence-corrected chi connectivity index (χ0v) is 7.02. The van der Waals surface area contributed by atoms with Gasteiger partial charge >= 0.3 is 0 Å². The molecule has 1 aliphatic rings. The van der Waals surface area contributed by atoms with Crippen LogP contribution in [0.1, 0.15) is 18.1 Å². The van der Waals surface area contributed by atoms with Gasteiger partial charge in [-0.1, -0.05) is 34.8 Å². The second-order valence-corrected chi connectivity index (χ2v) is 3.25. The molecule has 0 saturated heterocycles. The van der Waals surface area contributed by atoms with Crippen molar-refractivity contribution in [3.05, 3.63) is 35.3 Å². The highest BCUT2D eigenvalue weighted by atomic mass is 14.1. The third-order valence-corrected chi connectivity index (χ3v) is 2.32. The Morgan fingerprint density at radius 1 is 1.18 bits per heavy atom. The molecule has 0 aromatic heterocycles. The number of fused-ring (bicyclic) bond motifs is 1. The highest BCUT2D eigenvalue weighted by Gasteiger charge is 2.10. The van der Waals surface area contributed by atoms with Gasteiger partial charge in [0.1, 0.15) is 0 Å². The van der Waals surface area contributed by atoms with E-state index >= 15 is 0 Å². The molecule has 1 aliphatic heterocycles. The van der Waals surface area contributed by atoms with Gasteiger partial charge < -0.3 is 0 Å². The summed E-state index contributed by atoms with van der Waals surface area (Å²) in [4.78, 5) is 0. The van der Waals surface area contributed by atoms with Crippen molar-refractivity contribution in [2.75, 3.05) is 0 Å². The SMILES string of the molecule is CC1=CBc2ccc(C)cc21. The average Bonchev–Trinajstić information content (AvgIpc) is 2.33. The topological polar surface area (TPSA) is 0 Å². The standard InChI is InChI=1S/C10H11B/c1-7-3-4-10-9(5-7)8(2)6-11-10/h3-6,11H,1-2H3. The summed E-state index contributed by atoms with van der Waals surface area (Å²) in [6.07, 6.45) is 0. The van der Waals surface area contributed by atoms with Crippen molar-refractivity contribution in [1.29, 1.82) is 0 Å². The smallest absolute Gasteiger partial charge is 0.110 e. The van der Waals surface area contributed by atoms with Crippen LogP contribution in [0.25, 0.3) is 5.57 Å². The molecule has 1 heterocycles. The van der Waals surface area contributed by atoms with E-state index in [0.29, 0.717) is 0 Å². The Kier molecular flexibility index (Phi) is 1.38. The van der Waals surface area contributed by atoms with Gasteiger partial charge in [-0.25, -0.2) is 0 Å². The first-order valence-corrected chi connectivity index (χ1v) is 4.04. The molecular weight excluding hydrogens is 131 g/mol. The van der Waals surface area contributed by atoms with E-state index in [1.165, 1.54) is 22.2 Å². The van der Waals surface area contributed by atoms with Crippen molar-refractivity contribution < 1.29 is 0 Å². The van der Waals surface area contributed by atoms with Gasteiger partial charge in [-0.15, -0.1) is 5.98 Å². The largest absolute Gasteiger partial charge is 0.184 e. The molecule has 0 amide bonds. The van der Waals surface area contributed by atoms with Gasteiger partial charge in [0, 0.05) is 0 Å². The van der Waals surface area contributed by atoms with E-state index in [1.807, 2.05) is 0 Å². The van der Waals surface area contributed by atoms with Crippen LogP contribution in [0.3, 0.4) is 0 Å². The Morgan fingerprint density at radius 2 is 2.00 bits per heavy atom. The van der Waals surface area contributed by atoms with Crippen molar-refractivity contribution in [1.82, 2.24) is 0 Å². The van der Waals surface area contributed by atoms with E-state index in [1.54, 1.807) is 0 Å². The zero-order valence-electron chi connectivity index (χ0n) is 7.02. The molecule has 1 aromatic carbocycles. The van der Waals surface area contributed by atoms with Crippen molar-refractivity contribution in [2.24, 2.45) is 0 Å². The lowest BCUT2D eigenvalue weighted by Crippen LogP contribution is -2.10. The molecule has 0 fully saturated rings. The van der Waals surface area contributed by atoms with Crippen LogP contribution in [0.5, 0.6) is 0 Å². The van der Waals surface area contributed by atoms with E-state index in [-0.39, 0.29) is 0 Å². The molecule has 0 unspecified atom stereocenters. The van der Waals surface area contributed by atoms with Crippen LogP contribution in [0.15, 0.2) is 24.2 Å². The quantitative estimate of drug-likeness (QED) is 0.480. The lowest BCUT2D eigenvalue weighted by atomic mass is 9.73. The summed E-state index contributed by atoms with van der Waals surface area (Å²) in [7, 11) is 1.13. The first-order chi connectivity index (χ1) is 5.27. The van der Waals surface area contributed by atoms with Gasteiger partial charge in [-0.2, -0.15) is 0 Å². The van der Waals surface area contributed by atoms with E-state index in [0.717, 1.165) is 7.28 Å². The van der Waals surface area contributed by atoms with Gasteiger partial charge in [-0.3, -0.25) is 0 Å². The van der Waals surface area contributed by atoms with Gasteiger partial charge in [0.15, 0.2) is 7.28 Å². The summed E-state index contributed by atoms with van der Waals surface area (Å²) in [6, 6.07) is 6.69. The maximum absolute atomic E-state index is 2.30. The summed E-state index contributed by atoms with van der Waals surface area (Å²) < 4.78 is 0. The summed E-state index contributed by atoms with van der Waals surface area (Å²) in [5.74, 6) is 2.30. The Morgan fingerprint density at radius 3 is 2.82 bits per heavy atom. The van der Waals surface area contributed by atoms with Gasteiger partial charge in [-0.05, 0) is 19.4 Å². The van der Waals surface area contributed by atoms with Crippen molar-refractivity contribution in [3.8, 4) is 0 Å². The minimum atomic E-state index is 1.13. The molecule has 0 N–H and O–H groups in total. The summed E-state index contributed by atoms with van der Waals surface area (Å²) in [6.45, 7) is 4.33. The molecule has 0 nitrogen and oxygen atoms in total. The summed E-state index contributed by atoms with van der Waals surface area (Å²) in [5, 5.41) is 0. The van der Waals surface area contributed by atoms with Crippen LogP contribution >= 0.6 is 0 Å². The number of hydrogen-bond donors (Lipinski definition) is 0. The molecule has 54 valence electrons. The molecule has 1 heteroatoms. The van der Waals surface area contributed by atoms with Gasteiger partial charge in [0.25, 0.3) is 0 Å². The minimum Gasteiger partial charge on any atom is -0.110 e. The normalized spacial score (nSPS) is 13.8. The van der Waals surface area contributed by atoms with Crippen molar-refractivity contribution in [3.63, 3.8) is 0 Å². The zero-order chi connectivity index (χ0) is 7.84. The van der Waals surface area contributed by atoms with Gasteiger partial charge in [0.2, 0.25) is 0 Å². The average molecular weight is 142 g/mol. The minimum absolute atomic E-state index is 1.13. The van der Waals surface area contributed by atoms with E-state index < -0.39 is 0 Å². The van der Waals surface area contributed by atoms with Gasteiger partial charge in [0.05, 0.1) is 0 Å². The molecule has 0 saturated carbocycles. The Labute approximate surface area is 68.2 Å². The van der Waals surface area contributed by atoms with Crippen LogP contribution in [-0.4, -0.2) is 7.28 Å².